The van der Waals surface area contributed by atoms with E-state index in [0.717, 1.165) is 25.7 Å². The maximum absolute atomic E-state index is 12.3. The van der Waals surface area contributed by atoms with Crippen LogP contribution in [0.4, 0.5) is 0 Å². The molecule has 0 N–H and O–H groups in total. The monoisotopic (exact) mass is 554 g/mol. The van der Waals surface area contributed by atoms with Gasteiger partial charge in [-0.2, -0.15) is 0 Å². The van der Waals surface area contributed by atoms with E-state index in [1.54, 1.807) is 0 Å². The van der Waals surface area contributed by atoms with Gasteiger partial charge in [0.1, 0.15) is 6.61 Å². The maximum Gasteiger partial charge on any atom is 0.305 e. The lowest BCUT2D eigenvalue weighted by molar-refractivity contribution is -0.159. The highest BCUT2D eigenvalue weighted by atomic mass is 28.4. The van der Waals surface area contributed by atoms with Gasteiger partial charge in [-0.1, -0.05) is 112 Å². The summed E-state index contributed by atoms with van der Waals surface area (Å²) >= 11 is 0. The minimum Gasteiger partial charge on any atom is -0.462 e. The Hall–Kier alpha value is -1.14. The van der Waals surface area contributed by atoms with Gasteiger partial charge in [0.2, 0.25) is 8.32 Å². The Morgan fingerprint density at radius 3 is 1.63 bits per heavy atom. The molecule has 0 aromatic rings. The minimum atomic E-state index is -2.09. The second-order valence-electron chi connectivity index (χ2n) is 11.9. The van der Waals surface area contributed by atoms with Crippen LogP contribution in [-0.4, -0.2) is 39.6 Å². The van der Waals surface area contributed by atoms with Crippen molar-refractivity contribution in [3.05, 3.63) is 12.2 Å². The molecule has 0 spiro atoms. The first-order valence-electron chi connectivity index (χ1n) is 15.7. The van der Waals surface area contributed by atoms with Crippen molar-refractivity contribution in [2.75, 3.05) is 13.2 Å². The van der Waals surface area contributed by atoms with Crippen molar-refractivity contribution in [2.45, 2.75) is 168 Å². The molecule has 0 amide bonds. The summed E-state index contributed by atoms with van der Waals surface area (Å²) in [4.78, 5) is 23.9. The molecule has 6 heteroatoms. The second-order valence-corrected chi connectivity index (χ2v) is 17.3. The molecule has 0 aliphatic carbocycles. The van der Waals surface area contributed by atoms with E-state index in [4.69, 9.17) is 13.9 Å². The summed E-state index contributed by atoms with van der Waals surface area (Å²) in [6, 6.07) is 0. The number of unbranched alkanes of at least 4 members (excludes halogenated alkanes) is 11. The molecule has 38 heavy (non-hydrogen) atoms. The van der Waals surface area contributed by atoms with Gasteiger partial charge in [0.25, 0.3) is 0 Å². The standard InChI is InChI=1S/C32H62O5Si/c1-9-10-11-12-13-14-15-16-17-18-19-20-21-22-23-24-32(34)35-25-31(37-30(8)33)26-36-38(27(2)3,28(4)5)29(6)7/h16-17,27-29,31H,9-15,18-26H2,1-8H3/b17-16-/t31-/m0/s1. The lowest BCUT2D eigenvalue weighted by Crippen LogP contribution is -2.49. The SMILES string of the molecule is CCCCCCCC/C=C\CCCCCCCC(=O)OC[C@@H](CO[Si](C(C)C)(C(C)C)C(C)C)OC(C)=O. The molecule has 5 nitrogen and oxygen atoms in total. The van der Waals surface area contributed by atoms with E-state index < -0.39 is 14.4 Å². The van der Waals surface area contributed by atoms with Crippen LogP contribution in [0, 0.1) is 0 Å². The molecule has 0 aliphatic rings. The number of allylic oxidation sites excluding steroid dienone is 2. The molecule has 0 aromatic heterocycles. The summed E-state index contributed by atoms with van der Waals surface area (Å²) < 4.78 is 17.5. The fourth-order valence-electron chi connectivity index (χ4n) is 5.69. The van der Waals surface area contributed by atoms with Crippen molar-refractivity contribution in [1.82, 2.24) is 0 Å². The van der Waals surface area contributed by atoms with E-state index in [1.807, 2.05) is 0 Å². The molecule has 0 aliphatic heterocycles. The third-order valence-electron chi connectivity index (χ3n) is 7.63. The zero-order valence-electron chi connectivity index (χ0n) is 26.3. The maximum atomic E-state index is 12.3. The van der Waals surface area contributed by atoms with Crippen molar-refractivity contribution in [3.8, 4) is 0 Å². The first kappa shape index (κ1) is 36.9. The molecule has 0 saturated heterocycles. The van der Waals surface area contributed by atoms with Gasteiger partial charge in [-0.05, 0) is 48.7 Å². The van der Waals surface area contributed by atoms with E-state index >= 15 is 0 Å². The highest BCUT2D eigenvalue weighted by molar-refractivity contribution is 6.77. The van der Waals surface area contributed by atoms with Gasteiger partial charge in [0, 0.05) is 13.3 Å². The van der Waals surface area contributed by atoms with Crippen LogP contribution in [0.3, 0.4) is 0 Å². The number of ether oxygens (including phenoxy) is 2. The predicted molar refractivity (Wildman–Crippen MR) is 163 cm³/mol. The number of hydrogen-bond acceptors (Lipinski definition) is 5. The van der Waals surface area contributed by atoms with Gasteiger partial charge < -0.3 is 13.9 Å². The van der Waals surface area contributed by atoms with Crippen molar-refractivity contribution in [1.29, 1.82) is 0 Å². The highest BCUT2D eigenvalue weighted by Gasteiger charge is 2.45. The van der Waals surface area contributed by atoms with Crippen molar-refractivity contribution in [2.24, 2.45) is 0 Å². The highest BCUT2D eigenvalue weighted by Crippen LogP contribution is 2.42. The summed E-state index contributed by atoms with van der Waals surface area (Å²) in [5.74, 6) is -0.599. The Bertz CT molecular complexity index is 608. The quantitative estimate of drug-likeness (QED) is 0.0514. The molecule has 0 rings (SSSR count). The van der Waals surface area contributed by atoms with Crippen LogP contribution >= 0.6 is 0 Å². The molecule has 0 unspecified atom stereocenters. The van der Waals surface area contributed by atoms with Crippen LogP contribution in [0.2, 0.25) is 16.6 Å². The molecule has 0 fully saturated rings. The predicted octanol–water partition coefficient (Wildman–Crippen LogP) is 9.69. The molecular weight excluding hydrogens is 492 g/mol. The van der Waals surface area contributed by atoms with Gasteiger partial charge in [-0.15, -0.1) is 0 Å². The van der Waals surface area contributed by atoms with E-state index in [9.17, 15) is 9.59 Å². The van der Waals surface area contributed by atoms with Gasteiger partial charge in [-0.25, -0.2) is 0 Å². The van der Waals surface area contributed by atoms with Gasteiger partial charge in [0.05, 0.1) is 6.61 Å². The van der Waals surface area contributed by atoms with Crippen LogP contribution in [0.5, 0.6) is 0 Å². The fourth-order valence-corrected chi connectivity index (χ4v) is 11.2. The third kappa shape index (κ3) is 16.7. The number of rotatable bonds is 24. The Balaban J connectivity index is 4.14. The van der Waals surface area contributed by atoms with Gasteiger partial charge in [-0.3, -0.25) is 9.59 Å². The summed E-state index contributed by atoms with van der Waals surface area (Å²) in [5, 5.41) is 0. The molecular formula is C32H62O5Si. The lowest BCUT2D eigenvalue weighted by atomic mass is 10.1. The molecule has 1 atom stereocenters. The Morgan fingerprint density at radius 2 is 1.16 bits per heavy atom. The van der Waals surface area contributed by atoms with Gasteiger partial charge >= 0.3 is 11.9 Å². The summed E-state index contributed by atoms with van der Waals surface area (Å²) in [6.07, 6.45) is 20.5. The summed E-state index contributed by atoms with van der Waals surface area (Å²) in [5.41, 5.74) is 1.30. The Kier molecular flexibility index (Phi) is 22.0. The van der Waals surface area contributed by atoms with E-state index in [-0.39, 0.29) is 25.2 Å². The normalized spacial score (nSPS) is 13.1. The van der Waals surface area contributed by atoms with Gasteiger partial charge in [0.15, 0.2) is 6.10 Å². The molecule has 0 heterocycles. The van der Waals surface area contributed by atoms with E-state index in [1.165, 1.54) is 64.7 Å². The zero-order valence-corrected chi connectivity index (χ0v) is 27.3. The van der Waals surface area contributed by atoms with E-state index in [2.05, 4.69) is 60.6 Å². The van der Waals surface area contributed by atoms with Crippen LogP contribution in [0.15, 0.2) is 12.2 Å². The van der Waals surface area contributed by atoms with Crippen LogP contribution < -0.4 is 0 Å². The Labute approximate surface area is 237 Å². The third-order valence-corrected chi connectivity index (χ3v) is 13.7. The van der Waals surface area contributed by atoms with Crippen LogP contribution in [-0.2, 0) is 23.5 Å². The van der Waals surface area contributed by atoms with E-state index in [0.29, 0.717) is 23.0 Å². The first-order chi connectivity index (χ1) is 18.1. The topological polar surface area (TPSA) is 61.8 Å². The summed E-state index contributed by atoms with van der Waals surface area (Å²) in [6.45, 7) is 17.3. The molecule has 0 bridgehead atoms. The minimum absolute atomic E-state index is 0.0578. The number of esters is 2. The lowest BCUT2D eigenvalue weighted by Gasteiger charge is -2.42. The molecule has 0 saturated carbocycles. The van der Waals surface area contributed by atoms with Crippen molar-refractivity contribution < 1.29 is 23.5 Å². The average molecular weight is 555 g/mol. The molecule has 224 valence electrons. The first-order valence-corrected chi connectivity index (χ1v) is 17.8. The largest absolute Gasteiger partial charge is 0.462 e. The average Bonchev–Trinajstić information content (AvgIpc) is 2.84. The second kappa shape index (κ2) is 22.7. The Morgan fingerprint density at radius 1 is 0.684 bits per heavy atom. The zero-order chi connectivity index (χ0) is 28.8. The molecule has 0 aromatic carbocycles. The number of hydrogen-bond donors (Lipinski definition) is 0. The summed E-state index contributed by atoms with van der Waals surface area (Å²) in [7, 11) is -2.09. The number of carbonyl (C=O) groups is 2. The van der Waals surface area contributed by atoms with Crippen LogP contribution in [0.25, 0.3) is 0 Å². The van der Waals surface area contributed by atoms with Crippen molar-refractivity contribution >= 4 is 20.3 Å². The number of carbonyl (C=O) groups excluding carboxylic acids is 2. The smallest absolute Gasteiger partial charge is 0.305 e. The fraction of sp³-hybridized carbons (Fsp3) is 0.875. The van der Waals surface area contributed by atoms with Crippen LogP contribution in [0.1, 0.15) is 145 Å². The molecule has 0 radical (unpaired) electrons. The van der Waals surface area contributed by atoms with Crippen molar-refractivity contribution in [3.63, 3.8) is 0 Å².